The molecule has 0 saturated heterocycles. The Kier molecular flexibility index (Phi) is 18.6. The molecule has 0 bridgehead atoms. The summed E-state index contributed by atoms with van der Waals surface area (Å²) < 4.78 is 53.6. The number of nitrogens with zero attached hydrogens (tertiary/aromatic N) is 2. The van der Waals surface area contributed by atoms with E-state index in [1.54, 1.807) is 30.3 Å². The number of hydrogen-bond acceptors (Lipinski definition) is 20. The maximum absolute atomic E-state index is 13.6. The maximum atomic E-state index is 13.6. The van der Waals surface area contributed by atoms with Crippen LogP contribution in [-0.4, -0.2) is 80.8 Å². The van der Waals surface area contributed by atoms with Crippen LogP contribution in [0.25, 0.3) is 10.2 Å². The zero-order valence-corrected chi connectivity index (χ0v) is 36.7. The Morgan fingerprint density at radius 1 is 0.597 bits per heavy atom. The maximum Gasteiger partial charge on any atom is 0.343 e. The van der Waals surface area contributed by atoms with Crippen molar-refractivity contribution in [3.8, 4) is 28.7 Å². The zero-order valence-electron chi connectivity index (χ0n) is 35.1. The number of halogens is 1. The molecule has 0 unspecified atom stereocenters. The molecule has 346 valence electrons. The number of carbonyl (C=O) groups excluding carboxylic acids is 6. The molecule has 0 aliphatic rings. The van der Waals surface area contributed by atoms with E-state index in [9.17, 15) is 28.8 Å². The van der Waals surface area contributed by atoms with E-state index < -0.39 is 63.0 Å². The second kappa shape index (κ2) is 25.1. The minimum absolute atomic E-state index is 0.0207. The Hall–Kier alpha value is -8.49. The molecule has 0 amide bonds. The summed E-state index contributed by atoms with van der Waals surface area (Å²) in [7, 11) is 0. The molecule has 1 aromatic heterocycles. The van der Waals surface area contributed by atoms with Crippen LogP contribution in [0.15, 0.2) is 129 Å². The molecule has 0 radical (unpaired) electrons. The van der Waals surface area contributed by atoms with Gasteiger partial charge >= 0.3 is 35.8 Å². The van der Waals surface area contributed by atoms with E-state index in [0.717, 1.165) is 29.0 Å². The van der Waals surface area contributed by atoms with Gasteiger partial charge in [0, 0.05) is 41.3 Å². The van der Waals surface area contributed by atoms with Gasteiger partial charge in [0.25, 0.3) is 0 Å². The van der Waals surface area contributed by atoms with Crippen molar-refractivity contribution in [3.63, 3.8) is 0 Å². The fourth-order valence-electron chi connectivity index (χ4n) is 5.13. The highest BCUT2D eigenvalue weighted by atomic mass is 35.5. The monoisotopic (exact) mass is 955 g/mol. The Morgan fingerprint density at radius 2 is 1.10 bits per heavy atom. The number of ether oxygens (including phenoxy) is 10. The van der Waals surface area contributed by atoms with Crippen molar-refractivity contribution in [3.05, 3.63) is 151 Å². The van der Waals surface area contributed by atoms with Gasteiger partial charge in [-0.25, -0.2) is 33.8 Å². The second-order valence-corrected chi connectivity index (χ2v) is 14.2. The number of thiazole rings is 1. The normalized spacial score (nSPS) is 10.5. The molecule has 67 heavy (non-hydrogen) atoms. The highest BCUT2D eigenvalue weighted by Crippen LogP contribution is 2.32. The average molecular weight is 956 g/mol. The minimum Gasteiger partial charge on any atom is -0.462 e. The highest BCUT2D eigenvalue weighted by molar-refractivity contribution is 7.22. The van der Waals surface area contributed by atoms with E-state index in [4.69, 9.17) is 59.0 Å². The van der Waals surface area contributed by atoms with Crippen molar-refractivity contribution >= 4 is 80.3 Å². The first-order chi connectivity index (χ1) is 32.4. The Balaban J connectivity index is 1.33. The number of hydrazone groups is 1. The van der Waals surface area contributed by atoms with Gasteiger partial charge in [-0.1, -0.05) is 55.3 Å². The Morgan fingerprint density at radius 3 is 1.64 bits per heavy atom. The van der Waals surface area contributed by atoms with E-state index in [2.05, 4.69) is 41.8 Å². The molecule has 1 N–H and O–H groups in total. The summed E-state index contributed by atoms with van der Waals surface area (Å²) in [5.41, 5.74) is 4.55. The molecule has 0 spiro atoms. The average Bonchev–Trinajstić information content (AvgIpc) is 3.74. The topological polar surface area (TPSA) is 232 Å². The van der Waals surface area contributed by atoms with Gasteiger partial charge in [0.1, 0.15) is 5.75 Å². The molecule has 1 heterocycles. The summed E-state index contributed by atoms with van der Waals surface area (Å²) in [6, 6.07) is 18.1. The fraction of sp³-hybridized carbons (Fsp3) is 0.130. The number of hydrogen-bond donors (Lipinski definition) is 1. The van der Waals surface area contributed by atoms with Crippen molar-refractivity contribution < 1.29 is 76.1 Å². The van der Waals surface area contributed by atoms with E-state index in [1.165, 1.54) is 60.0 Å². The molecular formula is C46H38ClN3O16S. The summed E-state index contributed by atoms with van der Waals surface area (Å²) >= 11 is 7.45. The van der Waals surface area contributed by atoms with Gasteiger partial charge in [0.15, 0.2) is 23.0 Å². The first kappa shape index (κ1) is 49.5. The number of anilines is 1. The van der Waals surface area contributed by atoms with Crippen LogP contribution in [0.4, 0.5) is 5.13 Å². The van der Waals surface area contributed by atoms with Gasteiger partial charge in [-0.05, 0) is 72.3 Å². The quantitative estimate of drug-likeness (QED) is 0.0115. The second-order valence-electron chi connectivity index (χ2n) is 12.7. The van der Waals surface area contributed by atoms with Gasteiger partial charge in [0.2, 0.25) is 32.3 Å². The third-order valence-corrected chi connectivity index (χ3v) is 9.46. The third-order valence-electron chi connectivity index (χ3n) is 8.30. The lowest BCUT2D eigenvalue weighted by Gasteiger charge is -2.14. The molecule has 0 aliphatic carbocycles. The summed E-state index contributed by atoms with van der Waals surface area (Å²) in [6.07, 6.45) is 5.35. The zero-order chi connectivity index (χ0) is 48.1. The smallest absolute Gasteiger partial charge is 0.343 e. The van der Waals surface area contributed by atoms with Crippen LogP contribution in [0.5, 0.6) is 28.7 Å². The lowest BCUT2D eigenvalue weighted by Crippen LogP contribution is -2.13. The van der Waals surface area contributed by atoms with Crippen molar-refractivity contribution in [1.82, 2.24) is 4.98 Å². The van der Waals surface area contributed by atoms with Crippen molar-refractivity contribution in [2.75, 3.05) is 39.2 Å². The van der Waals surface area contributed by atoms with Gasteiger partial charge in [-0.2, -0.15) is 5.10 Å². The predicted octanol–water partition coefficient (Wildman–Crippen LogP) is 7.28. The van der Waals surface area contributed by atoms with E-state index in [0.29, 0.717) is 26.8 Å². The molecule has 5 rings (SSSR count). The highest BCUT2D eigenvalue weighted by Gasteiger charge is 2.18. The largest absolute Gasteiger partial charge is 0.462 e. The van der Waals surface area contributed by atoms with E-state index in [-0.39, 0.29) is 52.9 Å². The molecule has 0 saturated carbocycles. The molecular weight excluding hydrogens is 918 g/mol. The third kappa shape index (κ3) is 15.3. The summed E-state index contributed by atoms with van der Waals surface area (Å²) in [5.74, 6) is -4.57. The van der Waals surface area contributed by atoms with Gasteiger partial charge in [-0.3, -0.25) is 5.43 Å². The number of nitrogens with one attached hydrogen (secondary N) is 1. The van der Waals surface area contributed by atoms with Crippen LogP contribution < -0.4 is 29.1 Å². The summed E-state index contributed by atoms with van der Waals surface area (Å²) in [6.45, 7) is 11.0. The molecule has 19 nitrogen and oxygen atoms in total. The number of rotatable bonds is 25. The molecule has 5 aromatic rings. The van der Waals surface area contributed by atoms with Crippen LogP contribution in [0, 0.1) is 0 Å². The molecule has 4 aromatic carbocycles. The standard InChI is InChI=1S/C46H38ClN3O16S/c1-5-40(51)62-24-58-35-15-10-29(20-37(35)60-26-64-42(53)7-3)44(55)57-18-17-28-9-14-34(31(19-28)23-48-50-46-49-33-13-12-32(47)22-39(33)67-46)66-45(56)30-11-16-36(59-25-63-41(52)6-2)38(21-30)61-27-65-43(54)8-4/h5-16,19-23H,1-4,17-18,24-27H2,(H,49,50)/b48-23+. The van der Waals surface area contributed by atoms with Crippen LogP contribution in [-0.2, 0) is 49.3 Å². The minimum atomic E-state index is -0.846. The predicted molar refractivity (Wildman–Crippen MR) is 241 cm³/mol. The number of esters is 6. The number of benzene rings is 4. The van der Waals surface area contributed by atoms with Crippen LogP contribution in [0.3, 0.4) is 0 Å². The molecule has 21 heteroatoms. The van der Waals surface area contributed by atoms with E-state index >= 15 is 0 Å². The van der Waals surface area contributed by atoms with Gasteiger partial charge in [0.05, 0.1) is 34.2 Å². The summed E-state index contributed by atoms with van der Waals surface area (Å²) in [4.78, 5) is 77.4. The Bertz CT molecular complexity index is 2720. The van der Waals surface area contributed by atoms with Crippen LogP contribution >= 0.6 is 22.9 Å². The molecule has 0 fully saturated rings. The SMILES string of the molecule is C=CC(=O)OCOc1ccc(C(=O)OCCc2ccc(OC(=O)c3ccc(OCOC(=O)C=C)c(OCOC(=O)C=C)c3)c(/C=N/Nc3nc4ccc(Cl)cc4s3)c2)cc1OCOC(=O)C=C. The molecule has 0 atom stereocenters. The number of carbonyl (C=O) groups is 6. The lowest BCUT2D eigenvalue weighted by atomic mass is 10.1. The number of aromatic nitrogens is 1. The van der Waals surface area contributed by atoms with Crippen molar-refractivity contribution in [2.45, 2.75) is 6.42 Å². The van der Waals surface area contributed by atoms with Gasteiger partial charge in [-0.15, -0.1) is 0 Å². The van der Waals surface area contributed by atoms with Crippen LogP contribution in [0.1, 0.15) is 31.8 Å². The molecule has 0 aliphatic heterocycles. The van der Waals surface area contributed by atoms with E-state index in [1.807, 2.05) is 0 Å². The van der Waals surface area contributed by atoms with Crippen LogP contribution in [0.2, 0.25) is 5.02 Å². The van der Waals surface area contributed by atoms with Gasteiger partial charge < -0.3 is 47.4 Å². The van der Waals surface area contributed by atoms with Crippen molar-refractivity contribution in [2.24, 2.45) is 5.10 Å². The lowest BCUT2D eigenvalue weighted by molar-refractivity contribution is -0.146. The first-order valence-corrected chi connectivity index (χ1v) is 20.4. The summed E-state index contributed by atoms with van der Waals surface area (Å²) in [5, 5.41) is 5.32. The number of fused-ring (bicyclic) bond motifs is 1. The fourth-order valence-corrected chi connectivity index (χ4v) is 6.22. The van der Waals surface area contributed by atoms with Crippen molar-refractivity contribution in [1.29, 1.82) is 0 Å². The first-order valence-electron chi connectivity index (χ1n) is 19.2. The Labute approximate surface area is 390 Å².